The van der Waals surface area contributed by atoms with Crippen LogP contribution in [0, 0.1) is 0 Å². The first-order chi connectivity index (χ1) is 9.84. The van der Waals surface area contributed by atoms with Gasteiger partial charge in [0.05, 0.1) is 6.61 Å². The number of rotatable bonds is 7. The molecule has 0 heterocycles. The zero-order chi connectivity index (χ0) is 14.0. The molecule has 0 aliphatic heterocycles. The quantitative estimate of drug-likeness (QED) is 0.771. The average Bonchev–Trinajstić information content (AvgIpc) is 2.49. The van der Waals surface area contributed by atoms with Crippen molar-refractivity contribution >= 4 is 5.91 Å². The van der Waals surface area contributed by atoms with E-state index in [0.29, 0.717) is 19.1 Å². The fourth-order valence-electron chi connectivity index (χ4n) is 2.64. The van der Waals surface area contributed by atoms with Crippen LogP contribution < -0.4 is 10.1 Å². The zero-order valence-electron chi connectivity index (χ0n) is 12.1. The number of amides is 1. The van der Waals surface area contributed by atoms with E-state index in [1.54, 1.807) is 0 Å². The third-order valence-corrected chi connectivity index (χ3v) is 3.78. The van der Waals surface area contributed by atoms with E-state index in [1.807, 2.05) is 30.3 Å². The van der Waals surface area contributed by atoms with Crippen molar-refractivity contribution in [2.24, 2.45) is 0 Å². The first kappa shape index (κ1) is 14.9. The third kappa shape index (κ3) is 5.64. The van der Waals surface area contributed by atoms with Crippen LogP contribution in [0.2, 0.25) is 0 Å². The van der Waals surface area contributed by atoms with Gasteiger partial charge in [0.2, 0.25) is 5.91 Å². The Balaban J connectivity index is 1.51. The summed E-state index contributed by atoms with van der Waals surface area (Å²) < 4.78 is 5.61. The Bertz CT molecular complexity index is 385. The largest absolute Gasteiger partial charge is 0.494 e. The van der Waals surface area contributed by atoms with E-state index in [9.17, 15) is 4.79 Å². The summed E-state index contributed by atoms with van der Waals surface area (Å²) in [6.45, 7) is 0.681. The molecule has 0 unspecified atom stereocenters. The van der Waals surface area contributed by atoms with E-state index in [-0.39, 0.29) is 5.91 Å². The predicted molar refractivity (Wildman–Crippen MR) is 80.8 cm³/mol. The van der Waals surface area contributed by atoms with Gasteiger partial charge in [0.25, 0.3) is 0 Å². The maximum atomic E-state index is 11.8. The Morgan fingerprint density at radius 3 is 2.60 bits per heavy atom. The van der Waals surface area contributed by atoms with Crippen molar-refractivity contribution in [1.82, 2.24) is 5.32 Å². The molecule has 2 rings (SSSR count). The number of nitrogens with one attached hydrogen (secondary N) is 1. The van der Waals surface area contributed by atoms with Gasteiger partial charge in [0, 0.05) is 12.5 Å². The number of para-hydroxylation sites is 1. The maximum absolute atomic E-state index is 11.8. The van der Waals surface area contributed by atoms with Crippen molar-refractivity contribution in [1.29, 1.82) is 0 Å². The van der Waals surface area contributed by atoms with Crippen LogP contribution in [0.15, 0.2) is 30.3 Å². The molecule has 0 atom stereocenters. The molecule has 1 aliphatic carbocycles. The van der Waals surface area contributed by atoms with Gasteiger partial charge in [-0.1, -0.05) is 37.5 Å². The van der Waals surface area contributed by atoms with E-state index in [0.717, 1.165) is 31.4 Å². The van der Waals surface area contributed by atoms with Gasteiger partial charge in [-0.3, -0.25) is 4.79 Å². The molecule has 0 aromatic heterocycles. The molecule has 3 heteroatoms. The molecule has 1 saturated carbocycles. The fourth-order valence-corrected chi connectivity index (χ4v) is 2.64. The lowest BCUT2D eigenvalue weighted by molar-refractivity contribution is -0.122. The second kappa shape index (κ2) is 8.62. The Labute approximate surface area is 121 Å². The highest BCUT2D eigenvalue weighted by atomic mass is 16.5. The smallest absolute Gasteiger partial charge is 0.220 e. The van der Waals surface area contributed by atoms with Gasteiger partial charge in [0.1, 0.15) is 5.75 Å². The summed E-state index contributed by atoms with van der Waals surface area (Å²) in [5.41, 5.74) is 0. The number of carbonyl (C=O) groups is 1. The Kier molecular flexibility index (Phi) is 6.42. The van der Waals surface area contributed by atoms with Crippen LogP contribution in [0.25, 0.3) is 0 Å². The van der Waals surface area contributed by atoms with Crippen molar-refractivity contribution < 1.29 is 9.53 Å². The second-order valence-electron chi connectivity index (χ2n) is 5.52. The monoisotopic (exact) mass is 275 g/mol. The van der Waals surface area contributed by atoms with Crippen LogP contribution in [0.5, 0.6) is 5.75 Å². The zero-order valence-corrected chi connectivity index (χ0v) is 12.1. The number of benzene rings is 1. The molecule has 1 aromatic rings. The van der Waals surface area contributed by atoms with Gasteiger partial charge in [-0.2, -0.15) is 0 Å². The maximum Gasteiger partial charge on any atom is 0.220 e. The molecule has 3 nitrogen and oxygen atoms in total. The summed E-state index contributed by atoms with van der Waals surface area (Å²) in [6.07, 6.45) is 8.59. The van der Waals surface area contributed by atoms with Crippen molar-refractivity contribution in [3.63, 3.8) is 0 Å². The summed E-state index contributed by atoms with van der Waals surface area (Å²) in [5, 5.41) is 3.15. The van der Waals surface area contributed by atoms with Crippen molar-refractivity contribution in [2.45, 2.75) is 57.4 Å². The molecule has 0 spiro atoms. The van der Waals surface area contributed by atoms with Crippen molar-refractivity contribution in [3.05, 3.63) is 30.3 Å². The summed E-state index contributed by atoms with van der Waals surface area (Å²) in [7, 11) is 0. The molecule has 1 aliphatic rings. The number of carbonyl (C=O) groups excluding carboxylic acids is 1. The van der Waals surface area contributed by atoms with Crippen LogP contribution in [-0.2, 0) is 4.79 Å². The molecule has 1 fully saturated rings. The van der Waals surface area contributed by atoms with Crippen LogP contribution in [0.4, 0.5) is 0 Å². The lowest BCUT2D eigenvalue weighted by atomic mass is 9.95. The van der Waals surface area contributed by atoms with Gasteiger partial charge in [-0.15, -0.1) is 0 Å². The van der Waals surface area contributed by atoms with Crippen molar-refractivity contribution in [2.75, 3.05) is 6.61 Å². The number of ether oxygens (including phenoxy) is 1. The van der Waals surface area contributed by atoms with Gasteiger partial charge >= 0.3 is 0 Å². The summed E-state index contributed by atoms with van der Waals surface area (Å²) >= 11 is 0. The Morgan fingerprint density at radius 1 is 1.10 bits per heavy atom. The van der Waals surface area contributed by atoms with E-state index in [4.69, 9.17) is 4.74 Å². The minimum atomic E-state index is 0.205. The molecule has 0 bridgehead atoms. The summed E-state index contributed by atoms with van der Waals surface area (Å²) in [4.78, 5) is 11.8. The van der Waals surface area contributed by atoms with Gasteiger partial charge in [-0.05, 0) is 37.8 Å². The highest BCUT2D eigenvalue weighted by Crippen LogP contribution is 2.17. The molecule has 1 aromatic carbocycles. The van der Waals surface area contributed by atoms with Crippen LogP contribution in [-0.4, -0.2) is 18.6 Å². The Morgan fingerprint density at radius 2 is 1.85 bits per heavy atom. The number of hydrogen-bond donors (Lipinski definition) is 1. The molecule has 0 saturated heterocycles. The molecule has 20 heavy (non-hydrogen) atoms. The van der Waals surface area contributed by atoms with Crippen LogP contribution in [0.3, 0.4) is 0 Å². The highest BCUT2D eigenvalue weighted by molar-refractivity contribution is 5.76. The highest BCUT2D eigenvalue weighted by Gasteiger charge is 2.14. The minimum Gasteiger partial charge on any atom is -0.494 e. The predicted octanol–water partition coefficient (Wildman–Crippen LogP) is 3.68. The van der Waals surface area contributed by atoms with Gasteiger partial charge in [-0.25, -0.2) is 0 Å². The third-order valence-electron chi connectivity index (χ3n) is 3.78. The van der Waals surface area contributed by atoms with E-state index in [1.165, 1.54) is 19.3 Å². The van der Waals surface area contributed by atoms with E-state index < -0.39 is 0 Å². The Hall–Kier alpha value is -1.51. The van der Waals surface area contributed by atoms with Crippen LogP contribution in [0.1, 0.15) is 51.4 Å². The number of unbranched alkanes of at least 4 members (excludes halogenated alkanes) is 1. The first-order valence-electron chi connectivity index (χ1n) is 7.82. The van der Waals surface area contributed by atoms with Crippen LogP contribution >= 0.6 is 0 Å². The van der Waals surface area contributed by atoms with E-state index >= 15 is 0 Å². The molecule has 1 N–H and O–H groups in total. The number of hydrogen-bond acceptors (Lipinski definition) is 2. The molecular formula is C17H25NO2. The minimum absolute atomic E-state index is 0.205. The first-order valence-corrected chi connectivity index (χ1v) is 7.82. The van der Waals surface area contributed by atoms with Crippen molar-refractivity contribution in [3.8, 4) is 5.75 Å². The molecule has 110 valence electrons. The molecule has 1 amide bonds. The van der Waals surface area contributed by atoms with Gasteiger partial charge in [0.15, 0.2) is 0 Å². The summed E-state index contributed by atoms with van der Waals surface area (Å²) in [6, 6.07) is 10.2. The second-order valence-corrected chi connectivity index (χ2v) is 5.52. The van der Waals surface area contributed by atoms with E-state index in [2.05, 4.69) is 5.32 Å². The lowest BCUT2D eigenvalue weighted by Crippen LogP contribution is -2.36. The standard InChI is InChI=1S/C17H25NO2/c19-17(18-15-9-3-1-4-10-15)13-7-8-14-20-16-11-5-2-6-12-16/h2,5-6,11-12,15H,1,3-4,7-10,13-14H2,(H,18,19). The SMILES string of the molecule is O=C(CCCCOc1ccccc1)NC1CCCCC1. The topological polar surface area (TPSA) is 38.3 Å². The summed E-state index contributed by atoms with van der Waals surface area (Å²) in [5.74, 6) is 1.11. The molecular weight excluding hydrogens is 250 g/mol. The molecule has 0 radical (unpaired) electrons. The average molecular weight is 275 g/mol. The fraction of sp³-hybridized carbons (Fsp3) is 0.588. The normalized spacial score (nSPS) is 15.8. The lowest BCUT2D eigenvalue weighted by Gasteiger charge is -2.22. The van der Waals surface area contributed by atoms with Gasteiger partial charge < -0.3 is 10.1 Å².